The molecule has 1 aromatic rings. The lowest BCUT2D eigenvalue weighted by molar-refractivity contribution is -0.138. The average molecular weight is 395 g/mol. The summed E-state index contributed by atoms with van der Waals surface area (Å²) in [5, 5.41) is 0. The maximum Gasteiger partial charge on any atom is 0.416 e. The van der Waals surface area contributed by atoms with Crippen molar-refractivity contribution in [3.63, 3.8) is 0 Å². The molecule has 1 amide bonds. The van der Waals surface area contributed by atoms with Crippen molar-refractivity contribution < 1.29 is 26.4 Å². The van der Waals surface area contributed by atoms with Gasteiger partial charge in [0.15, 0.2) is 9.84 Å². The second-order valence-electron chi connectivity index (χ2n) is 5.88. The predicted octanol–water partition coefficient (Wildman–Crippen LogP) is 2.97. The van der Waals surface area contributed by atoms with Gasteiger partial charge >= 0.3 is 6.18 Å². The van der Waals surface area contributed by atoms with Crippen molar-refractivity contribution in [1.82, 2.24) is 4.90 Å². The van der Waals surface area contributed by atoms with Gasteiger partial charge in [0.2, 0.25) is 5.91 Å². The van der Waals surface area contributed by atoms with Crippen LogP contribution < -0.4 is 0 Å². The molecule has 1 aliphatic heterocycles. The number of nitrogens with zero attached hydrogens (tertiary/aromatic N) is 1. The molecule has 1 heterocycles. The third-order valence-corrected chi connectivity index (χ3v) is 6.83. The van der Waals surface area contributed by atoms with Crippen LogP contribution in [0.4, 0.5) is 13.2 Å². The largest absolute Gasteiger partial charge is 0.416 e. The summed E-state index contributed by atoms with van der Waals surface area (Å²) in [6.45, 7) is 2.16. The Bertz CT molecular complexity index is 720. The van der Waals surface area contributed by atoms with Crippen molar-refractivity contribution in [3.8, 4) is 0 Å². The van der Waals surface area contributed by atoms with Crippen LogP contribution in [-0.2, 0) is 26.6 Å². The number of halogens is 3. The molecule has 0 bridgehead atoms. The summed E-state index contributed by atoms with van der Waals surface area (Å²) in [6, 6.07) is 4.97. The zero-order valence-corrected chi connectivity index (χ0v) is 15.4. The first kappa shape index (κ1) is 20.1. The van der Waals surface area contributed by atoms with Crippen molar-refractivity contribution in [2.24, 2.45) is 0 Å². The summed E-state index contributed by atoms with van der Waals surface area (Å²) in [5.74, 6) is -0.0978. The third-order valence-electron chi connectivity index (χ3n) is 4.12. The van der Waals surface area contributed by atoms with Gasteiger partial charge < -0.3 is 4.90 Å². The zero-order chi connectivity index (χ0) is 18.7. The lowest BCUT2D eigenvalue weighted by atomic mass is 10.1. The first-order valence-corrected chi connectivity index (χ1v) is 10.8. The van der Waals surface area contributed by atoms with Crippen LogP contribution in [0.2, 0.25) is 0 Å². The van der Waals surface area contributed by atoms with Crippen LogP contribution >= 0.6 is 11.8 Å². The van der Waals surface area contributed by atoms with Gasteiger partial charge in [-0.2, -0.15) is 13.2 Å². The molecule has 0 radical (unpaired) electrons. The van der Waals surface area contributed by atoms with E-state index in [1.165, 1.54) is 23.1 Å². The number of rotatable bonds is 6. The topological polar surface area (TPSA) is 54.5 Å². The van der Waals surface area contributed by atoms with Crippen molar-refractivity contribution in [2.75, 3.05) is 23.8 Å². The molecule has 0 aromatic heterocycles. The molecule has 0 aliphatic carbocycles. The second kappa shape index (κ2) is 7.99. The Morgan fingerprint density at radius 2 is 2.00 bits per heavy atom. The zero-order valence-electron chi connectivity index (χ0n) is 13.8. The first-order chi connectivity index (χ1) is 11.6. The number of alkyl halides is 3. The van der Waals surface area contributed by atoms with Crippen LogP contribution in [0.25, 0.3) is 0 Å². The monoisotopic (exact) mass is 395 g/mol. The molecule has 25 heavy (non-hydrogen) atoms. The Morgan fingerprint density at radius 3 is 2.56 bits per heavy atom. The first-order valence-electron chi connectivity index (χ1n) is 7.87. The Morgan fingerprint density at radius 1 is 1.32 bits per heavy atom. The van der Waals surface area contributed by atoms with Gasteiger partial charge in [0.25, 0.3) is 0 Å². The Balaban J connectivity index is 1.94. The maximum absolute atomic E-state index is 13.0. The van der Waals surface area contributed by atoms with Gasteiger partial charge in [-0.25, -0.2) is 8.42 Å². The molecule has 9 heteroatoms. The van der Waals surface area contributed by atoms with E-state index in [4.69, 9.17) is 0 Å². The number of thioether (sulfide) groups is 1. The van der Waals surface area contributed by atoms with E-state index in [1.54, 1.807) is 6.92 Å². The smallest absolute Gasteiger partial charge is 0.338 e. The number of sulfone groups is 1. The fraction of sp³-hybridized carbons (Fsp3) is 0.562. The number of benzene rings is 1. The number of hydrogen-bond donors (Lipinski definition) is 0. The van der Waals surface area contributed by atoms with Gasteiger partial charge in [0.1, 0.15) is 0 Å². The molecule has 0 N–H and O–H groups in total. The maximum atomic E-state index is 13.0. The molecular formula is C16H20F3NO3S2. The molecule has 1 saturated heterocycles. The standard InChI is InChI=1S/C16H20F3NO3S2/c1-2-20(13-7-8-25(22,23)11-13)15(21)10-24-9-12-5-3-4-6-14(12)16(17,18)19/h3-6,13H,2,7-11H2,1H3. The van der Waals surface area contributed by atoms with Crippen LogP contribution in [0.1, 0.15) is 24.5 Å². The van der Waals surface area contributed by atoms with Gasteiger partial charge in [0, 0.05) is 18.3 Å². The number of carbonyl (C=O) groups excluding carboxylic acids is 1. The van der Waals surface area contributed by atoms with E-state index in [0.717, 1.165) is 17.8 Å². The lowest BCUT2D eigenvalue weighted by Crippen LogP contribution is -2.41. The quantitative estimate of drug-likeness (QED) is 0.743. The molecule has 140 valence electrons. The van der Waals surface area contributed by atoms with Gasteiger partial charge in [-0.15, -0.1) is 11.8 Å². The SMILES string of the molecule is CCN(C(=O)CSCc1ccccc1C(F)(F)F)C1CCS(=O)(=O)C1. The fourth-order valence-electron chi connectivity index (χ4n) is 2.91. The molecule has 1 aromatic carbocycles. The van der Waals surface area contributed by atoms with E-state index in [9.17, 15) is 26.4 Å². The highest BCUT2D eigenvalue weighted by Gasteiger charge is 2.34. The fourth-order valence-corrected chi connectivity index (χ4v) is 5.56. The molecular weight excluding hydrogens is 375 g/mol. The summed E-state index contributed by atoms with van der Waals surface area (Å²) in [6.07, 6.45) is -4.00. The average Bonchev–Trinajstić information content (AvgIpc) is 2.87. The minimum Gasteiger partial charge on any atom is -0.338 e. The van der Waals surface area contributed by atoms with Gasteiger partial charge in [-0.1, -0.05) is 18.2 Å². The summed E-state index contributed by atoms with van der Waals surface area (Å²) >= 11 is 1.11. The van der Waals surface area contributed by atoms with Crippen molar-refractivity contribution in [3.05, 3.63) is 35.4 Å². The van der Waals surface area contributed by atoms with Gasteiger partial charge in [0.05, 0.1) is 22.8 Å². The summed E-state index contributed by atoms with van der Waals surface area (Å²) in [4.78, 5) is 13.9. The van der Waals surface area contributed by atoms with Crippen molar-refractivity contribution in [2.45, 2.75) is 31.3 Å². The van der Waals surface area contributed by atoms with Crippen molar-refractivity contribution >= 4 is 27.5 Å². The van der Waals surface area contributed by atoms with Crippen molar-refractivity contribution in [1.29, 1.82) is 0 Å². The predicted molar refractivity (Wildman–Crippen MR) is 92.1 cm³/mol. The van der Waals surface area contributed by atoms with E-state index in [0.29, 0.717) is 13.0 Å². The van der Waals surface area contributed by atoms with Crippen LogP contribution in [0.5, 0.6) is 0 Å². The van der Waals surface area contributed by atoms with E-state index < -0.39 is 21.6 Å². The van der Waals surface area contributed by atoms with Gasteiger partial charge in [-0.05, 0) is 25.0 Å². The minimum absolute atomic E-state index is 0.0244. The Labute approximate surface area is 149 Å². The molecule has 1 unspecified atom stereocenters. The van der Waals surface area contributed by atoms with Crippen LogP contribution in [0.15, 0.2) is 24.3 Å². The lowest BCUT2D eigenvalue weighted by Gasteiger charge is -2.26. The van der Waals surface area contributed by atoms with Gasteiger partial charge in [-0.3, -0.25) is 4.79 Å². The minimum atomic E-state index is -4.42. The number of amides is 1. The molecule has 4 nitrogen and oxygen atoms in total. The molecule has 1 atom stereocenters. The van der Waals surface area contributed by atoms with E-state index >= 15 is 0 Å². The molecule has 0 spiro atoms. The van der Waals surface area contributed by atoms with Crippen LogP contribution in [-0.4, -0.2) is 49.1 Å². The highest BCUT2D eigenvalue weighted by Crippen LogP contribution is 2.33. The second-order valence-corrected chi connectivity index (χ2v) is 9.10. The molecule has 0 saturated carbocycles. The molecule has 2 rings (SSSR count). The molecule has 1 aliphatic rings. The van der Waals surface area contributed by atoms with E-state index in [1.807, 2.05) is 0 Å². The van der Waals surface area contributed by atoms with E-state index in [2.05, 4.69) is 0 Å². The highest BCUT2D eigenvalue weighted by molar-refractivity contribution is 7.99. The Hall–Kier alpha value is -1.22. The van der Waals surface area contributed by atoms with E-state index in [-0.39, 0.29) is 40.5 Å². The summed E-state index contributed by atoms with van der Waals surface area (Å²) < 4.78 is 62.0. The summed E-state index contributed by atoms with van der Waals surface area (Å²) in [5.41, 5.74) is -0.552. The Kier molecular flexibility index (Phi) is 6.42. The van der Waals surface area contributed by atoms with Crippen LogP contribution in [0.3, 0.4) is 0 Å². The number of carbonyl (C=O) groups is 1. The normalized spacial score (nSPS) is 19.8. The summed E-state index contributed by atoms with van der Waals surface area (Å²) in [7, 11) is -3.10. The van der Waals surface area contributed by atoms with Crippen LogP contribution in [0, 0.1) is 0 Å². The highest BCUT2D eigenvalue weighted by atomic mass is 32.2. The third kappa shape index (κ3) is 5.37. The number of hydrogen-bond acceptors (Lipinski definition) is 4. The molecule has 1 fully saturated rings.